The summed E-state index contributed by atoms with van der Waals surface area (Å²) in [5.74, 6) is -0.0597. The minimum absolute atomic E-state index is 0.408. The summed E-state index contributed by atoms with van der Waals surface area (Å²) < 4.78 is 14.4. The molecule has 8 heteroatoms. The fourth-order valence-electron chi connectivity index (χ4n) is 2.65. The number of hydrogen-bond acceptors (Lipinski definition) is 5. The standard InChI is InChI=1S/C18H14ClFN6/c19-13-2-3-14(22-7-13)8-23-16-4-1-11(17(20)26-16)5-12-6-24-18-15(12)9-21-10-25-18/h1-4,6-7,9-10H,5,8H2,(H,23,26)(H,21,24,25). The van der Waals surface area contributed by atoms with Gasteiger partial charge >= 0.3 is 0 Å². The normalized spacial score (nSPS) is 11.0. The second kappa shape index (κ2) is 7.05. The highest BCUT2D eigenvalue weighted by Crippen LogP contribution is 2.20. The molecule has 0 spiro atoms. The Bertz CT molecular complexity index is 1050. The van der Waals surface area contributed by atoms with E-state index in [-0.39, 0.29) is 0 Å². The predicted molar refractivity (Wildman–Crippen MR) is 97.5 cm³/mol. The van der Waals surface area contributed by atoms with Gasteiger partial charge < -0.3 is 10.3 Å². The molecule has 0 bridgehead atoms. The fraction of sp³-hybridized carbons (Fsp3) is 0.111. The van der Waals surface area contributed by atoms with Crippen molar-refractivity contribution in [3.05, 3.63) is 77.0 Å². The van der Waals surface area contributed by atoms with Crippen LogP contribution in [0.4, 0.5) is 10.2 Å². The zero-order chi connectivity index (χ0) is 17.9. The number of aromatic nitrogens is 5. The first-order chi connectivity index (χ1) is 12.7. The van der Waals surface area contributed by atoms with Crippen LogP contribution in [0.5, 0.6) is 0 Å². The number of pyridine rings is 2. The van der Waals surface area contributed by atoms with Crippen molar-refractivity contribution in [1.29, 1.82) is 0 Å². The van der Waals surface area contributed by atoms with Gasteiger partial charge in [-0.3, -0.25) is 4.98 Å². The van der Waals surface area contributed by atoms with Gasteiger partial charge in [0, 0.05) is 36.0 Å². The number of nitrogens with zero attached hydrogens (tertiary/aromatic N) is 4. The van der Waals surface area contributed by atoms with Gasteiger partial charge in [-0.2, -0.15) is 4.39 Å². The number of anilines is 1. The van der Waals surface area contributed by atoms with Crippen LogP contribution in [0.15, 0.2) is 49.2 Å². The van der Waals surface area contributed by atoms with E-state index in [0.717, 1.165) is 22.3 Å². The van der Waals surface area contributed by atoms with E-state index in [1.165, 1.54) is 6.33 Å². The Kier molecular flexibility index (Phi) is 4.45. The zero-order valence-electron chi connectivity index (χ0n) is 13.6. The second-order valence-electron chi connectivity index (χ2n) is 5.74. The average Bonchev–Trinajstić information content (AvgIpc) is 3.06. The van der Waals surface area contributed by atoms with E-state index in [1.54, 1.807) is 36.7 Å². The van der Waals surface area contributed by atoms with Crippen LogP contribution in [0.25, 0.3) is 11.0 Å². The number of fused-ring (bicyclic) bond motifs is 1. The summed E-state index contributed by atoms with van der Waals surface area (Å²) >= 11 is 5.81. The molecule has 0 radical (unpaired) electrons. The molecular weight excluding hydrogens is 355 g/mol. The molecule has 0 saturated heterocycles. The van der Waals surface area contributed by atoms with Gasteiger partial charge in [0.25, 0.3) is 0 Å². The van der Waals surface area contributed by atoms with Gasteiger partial charge in [-0.1, -0.05) is 17.7 Å². The van der Waals surface area contributed by atoms with Crippen molar-refractivity contribution in [2.45, 2.75) is 13.0 Å². The van der Waals surface area contributed by atoms with Crippen molar-refractivity contribution >= 4 is 28.5 Å². The van der Waals surface area contributed by atoms with Crippen LogP contribution in [0.3, 0.4) is 0 Å². The van der Waals surface area contributed by atoms with Gasteiger partial charge in [0.1, 0.15) is 17.8 Å². The molecule has 0 aromatic carbocycles. The number of halogens is 2. The van der Waals surface area contributed by atoms with Gasteiger partial charge in [-0.05, 0) is 23.8 Å². The number of nitrogens with one attached hydrogen (secondary N) is 2. The first-order valence-corrected chi connectivity index (χ1v) is 8.32. The van der Waals surface area contributed by atoms with Crippen LogP contribution in [0, 0.1) is 5.95 Å². The van der Waals surface area contributed by atoms with E-state index in [1.807, 2.05) is 6.20 Å². The third kappa shape index (κ3) is 3.48. The minimum atomic E-state index is -0.509. The molecule has 0 aliphatic carbocycles. The van der Waals surface area contributed by atoms with Crippen LogP contribution in [-0.2, 0) is 13.0 Å². The fourth-order valence-corrected chi connectivity index (χ4v) is 2.76. The van der Waals surface area contributed by atoms with E-state index in [0.29, 0.717) is 29.4 Å². The molecule has 4 aromatic heterocycles. The summed E-state index contributed by atoms with van der Waals surface area (Å²) in [4.78, 5) is 19.4. The van der Waals surface area contributed by atoms with Crippen LogP contribution in [0.1, 0.15) is 16.8 Å². The van der Waals surface area contributed by atoms with Crippen LogP contribution < -0.4 is 5.32 Å². The van der Waals surface area contributed by atoms with Gasteiger partial charge in [0.15, 0.2) is 0 Å². The molecule has 0 saturated carbocycles. The molecule has 130 valence electrons. The van der Waals surface area contributed by atoms with Crippen molar-refractivity contribution in [2.24, 2.45) is 0 Å². The molecule has 4 rings (SSSR count). The molecule has 4 aromatic rings. The van der Waals surface area contributed by atoms with Crippen molar-refractivity contribution in [2.75, 3.05) is 5.32 Å². The van der Waals surface area contributed by atoms with Crippen LogP contribution in [-0.4, -0.2) is 24.9 Å². The topological polar surface area (TPSA) is 79.4 Å². The molecular formula is C18H14ClFN6. The van der Waals surface area contributed by atoms with Crippen molar-refractivity contribution in [1.82, 2.24) is 24.9 Å². The molecule has 0 unspecified atom stereocenters. The van der Waals surface area contributed by atoms with Gasteiger partial charge in [-0.25, -0.2) is 15.0 Å². The van der Waals surface area contributed by atoms with Crippen LogP contribution >= 0.6 is 11.6 Å². The lowest BCUT2D eigenvalue weighted by atomic mass is 10.1. The second-order valence-corrected chi connectivity index (χ2v) is 6.18. The summed E-state index contributed by atoms with van der Waals surface area (Å²) in [6, 6.07) is 7.04. The lowest BCUT2D eigenvalue weighted by molar-refractivity contribution is 0.571. The van der Waals surface area contributed by atoms with E-state index in [9.17, 15) is 4.39 Å². The van der Waals surface area contributed by atoms with Gasteiger partial charge in [0.2, 0.25) is 5.95 Å². The molecule has 0 amide bonds. The summed E-state index contributed by atoms with van der Waals surface area (Å²) in [5, 5.41) is 4.51. The summed E-state index contributed by atoms with van der Waals surface area (Å²) in [6.07, 6.45) is 6.98. The molecule has 0 aliphatic rings. The van der Waals surface area contributed by atoms with Crippen molar-refractivity contribution in [3.8, 4) is 0 Å². The minimum Gasteiger partial charge on any atom is -0.364 e. The molecule has 0 atom stereocenters. The molecule has 0 aliphatic heterocycles. The first kappa shape index (κ1) is 16.4. The zero-order valence-corrected chi connectivity index (χ0v) is 14.3. The average molecular weight is 369 g/mol. The monoisotopic (exact) mass is 368 g/mol. The number of H-pyrrole nitrogens is 1. The molecule has 0 fully saturated rings. The number of rotatable bonds is 5. The molecule has 26 heavy (non-hydrogen) atoms. The van der Waals surface area contributed by atoms with E-state index >= 15 is 0 Å². The maximum absolute atomic E-state index is 14.4. The van der Waals surface area contributed by atoms with Crippen LogP contribution in [0.2, 0.25) is 5.02 Å². The van der Waals surface area contributed by atoms with Crippen molar-refractivity contribution < 1.29 is 4.39 Å². The highest BCUT2D eigenvalue weighted by atomic mass is 35.5. The molecule has 4 heterocycles. The summed E-state index contributed by atoms with van der Waals surface area (Å²) in [7, 11) is 0. The van der Waals surface area contributed by atoms with Gasteiger partial charge in [0.05, 0.1) is 17.3 Å². The third-order valence-electron chi connectivity index (χ3n) is 3.99. The Balaban J connectivity index is 1.48. The summed E-state index contributed by atoms with van der Waals surface area (Å²) in [5.41, 5.74) is 2.95. The van der Waals surface area contributed by atoms with Crippen molar-refractivity contribution in [3.63, 3.8) is 0 Å². The highest BCUT2D eigenvalue weighted by molar-refractivity contribution is 6.30. The molecule has 6 nitrogen and oxygen atoms in total. The van der Waals surface area contributed by atoms with E-state index in [4.69, 9.17) is 11.6 Å². The quantitative estimate of drug-likeness (QED) is 0.524. The first-order valence-electron chi connectivity index (χ1n) is 7.95. The lowest BCUT2D eigenvalue weighted by Crippen LogP contribution is -2.05. The van der Waals surface area contributed by atoms with E-state index < -0.39 is 5.95 Å². The number of aromatic amines is 1. The Morgan fingerprint density at radius 3 is 2.81 bits per heavy atom. The third-order valence-corrected chi connectivity index (χ3v) is 4.21. The Morgan fingerprint density at radius 1 is 1.08 bits per heavy atom. The summed E-state index contributed by atoms with van der Waals surface area (Å²) in [6.45, 7) is 0.433. The Labute approximate surface area is 153 Å². The van der Waals surface area contributed by atoms with E-state index in [2.05, 4.69) is 30.2 Å². The highest BCUT2D eigenvalue weighted by Gasteiger charge is 2.10. The lowest BCUT2D eigenvalue weighted by Gasteiger charge is -2.07. The Morgan fingerprint density at radius 2 is 2.00 bits per heavy atom. The maximum atomic E-state index is 14.4. The smallest absolute Gasteiger partial charge is 0.218 e. The number of hydrogen-bond donors (Lipinski definition) is 2. The SMILES string of the molecule is Fc1nc(NCc2ccc(Cl)cn2)ccc1Cc1c[nH]c2ncncc12. The van der Waals surface area contributed by atoms with Gasteiger partial charge in [-0.15, -0.1) is 0 Å². The maximum Gasteiger partial charge on any atom is 0.218 e. The molecule has 2 N–H and O–H groups in total. The predicted octanol–water partition coefficient (Wildman–Crippen LogP) is 3.74. The largest absolute Gasteiger partial charge is 0.364 e. The Hall–Kier alpha value is -3.06.